The Morgan fingerprint density at radius 1 is 1.03 bits per heavy atom. The normalized spacial score (nSPS) is 23.7. The van der Waals surface area contributed by atoms with Crippen LogP contribution in [0.25, 0.3) is 16.8 Å². The molecule has 0 radical (unpaired) electrons. The van der Waals surface area contributed by atoms with Gasteiger partial charge in [0.15, 0.2) is 5.50 Å². The Bertz CT molecular complexity index is 1210. The SMILES string of the molecule is CCCOc1ccc2ccccc2c1/C=C1\SC(Nc2ccccc2)N([C@@H]2CCCC[C@@H]2C)C1=O. The van der Waals surface area contributed by atoms with Gasteiger partial charge in [0, 0.05) is 17.3 Å². The summed E-state index contributed by atoms with van der Waals surface area (Å²) in [5.41, 5.74) is 1.89. The summed E-state index contributed by atoms with van der Waals surface area (Å²) in [7, 11) is 0. The average molecular weight is 487 g/mol. The lowest BCUT2D eigenvalue weighted by Crippen LogP contribution is -2.48. The largest absolute Gasteiger partial charge is 0.493 e. The number of para-hydroxylation sites is 1. The van der Waals surface area contributed by atoms with Gasteiger partial charge in [-0.25, -0.2) is 0 Å². The summed E-state index contributed by atoms with van der Waals surface area (Å²) in [6.45, 7) is 5.06. The summed E-state index contributed by atoms with van der Waals surface area (Å²) in [4.78, 5) is 16.9. The van der Waals surface area contributed by atoms with Gasteiger partial charge in [-0.1, -0.05) is 87.0 Å². The second-order valence-electron chi connectivity index (χ2n) is 9.58. The van der Waals surface area contributed by atoms with Gasteiger partial charge in [-0.2, -0.15) is 0 Å². The minimum absolute atomic E-state index is 0.122. The number of carbonyl (C=O) groups is 1. The summed E-state index contributed by atoms with van der Waals surface area (Å²) < 4.78 is 6.13. The molecule has 4 nitrogen and oxygen atoms in total. The lowest BCUT2D eigenvalue weighted by atomic mass is 9.85. The van der Waals surface area contributed by atoms with Crippen LogP contribution in [0.1, 0.15) is 51.5 Å². The van der Waals surface area contributed by atoms with Gasteiger partial charge in [0.25, 0.3) is 5.91 Å². The zero-order valence-electron chi connectivity index (χ0n) is 20.6. The number of ether oxygens (including phenoxy) is 1. The van der Waals surface area contributed by atoms with Crippen LogP contribution in [-0.2, 0) is 4.79 Å². The standard InChI is InChI=1S/C30H34N2O2S/c1-3-19-34-27-18-17-22-12-8-9-15-24(22)25(27)20-28-29(33)32(26-16-10-7-11-21(26)2)30(35-28)31-23-13-5-4-6-14-23/h4-6,8-9,12-15,17-18,20-21,26,30-31H,3,7,10-11,16,19H2,1-2H3/b28-20-/t21-,26+,30?/m0/s1. The summed E-state index contributed by atoms with van der Waals surface area (Å²) >= 11 is 1.62. The van der Waals surface area contributed by atoms with Crippen LogP contribution >= 0.6 is 11.8 Å². The van der Waals surface area contributed by atoms with Crippen molar-refractivity contribution in [1.29, 1.82) is 0 Å². The van der Waals surface area contributed by atoms with E-state index in [-0.39, 0.29) is 17.4 Å². The monoisotopic (exact) mass is 486 g/mol. The highest BCUT2D eigenvalue weighted by molar-refractivity contribution is 8.05. The van der Waals surface area contributed by atoms with Crippen molar-refractivity contribution in [3.63, 3.8) is 0 Å². The molecular weight excluding hydrogens is 452 g/mol. The van der Waals surface area contributed by atoms with Gasteiger partial charge in [-0.3, -0.25) is 4.79 Å². The number of nitrogens with zero attached hydrogens (tertiary/aromatic N) is 1. The number of benzene rings is 3. The van der Waals surface area contributed by atoms with E-state index in [2.05, 4.69) is 60.5 Å². The number of anilines is 1. The molecule has 0 aromatic heterocycles. The third-order valence-corrected chi connectivity index (χ3v) is 8.21. The van der Waals surface area contributed by atoms with E-state index in [1.165, 1.54) is 19.3 Å². The minimum atomic E-state index is -0.128. The summed E-state index contributed by atoms with van der Waals surface area (Å²) in [6.07, 6.45) is 7.67. The van der Waals surface area contributed by atoms with Crippen LogP contribution in [-0.4, -0.2) is 29.0 Å². The van der Waals surface area contributed by atoms with Crippen molar-refractivity contribution in [3.05, 3.63) is 77.2 Å². The number of amides is 1. The molecule has 1 saturated heterocycles. The van der Waals surface area contributed by atoms with E-state index < -0.39 is 0 Å². The first-order valence-electron chi connectivity index (χ1n) is 12.8. The van der Waals surface area contributed by atoms with Gasteiger partial charge in [0.1, 0.15) is 5.75 Å². The molecule has 5 heteroatoms. The van der Waals surface area contributed by atoms with Crippen LogP contribution in [0.15, 0.2) is 71.6 Å². The van der Waals surface area contributed by atoms with E-state index in [0.717, 1.165) is 45.5 Å². The molecule has 3 atom stereocenters. The quantitative estimate of drug-likeness (QED) is 0.351. The molecule has 0 bridgehead atoms. The van der Waals surface area contributed by atoms with Crippen LogP contribution in [0.5, 0.6) is 5.75 Å². The Labute approximate surface area is 212 Å². The van der Waals surface area contributed by atoms with Crippen molar-refractivity contribution in [1.82, 2.24) is 4.90 Å². The number of fused-ring (bicyclic) bond motifs is 1. The fourth-order valence-electron chi connectivity index (χ4n) is 5.26. The molecule has 182 valence electrons. The Morgan fingerprint density at radius 2 is 1.80 bits per heavy atom. The molecule has 1 heterocycles. The van der Waals surface area contributed by atoms with E-state index in [9.17, 15) is 4.79 Å². The Hall–Kier alpha value is -2.92. The van der Waals surface area contributed by atoms with Crippen molar-refractivity contribution in [2.24, 2.45) is 5.92 Å². The minimum Gasteiger partial charge on any atom is -0.493 e. The number of carbonyl (C=O) groups excluding carboxylic acids is 1. The van der Waals surface area contributed by atoms with Gasteiger partial charge in [0.2, 0.25) is 0 Å². The smallest absolute Gasteiger partial charge is 0.262 e. The molecule has 2 aliphatic rings. The fourth-order valence-corrected chi connectivity index (χ4v) is 6.45. The highest BCUT2D eigenvalue weighted by atomic mass is 32.2. The van der Waals surface area contributed by atoms with Gasteiger partial charge in [0.05, 0.1) is 11.5 Å². The lowest BCUT2D eigenvalue weighted by Gasteiger charge is -2.39. The van der Waals surface area contributed by atoms with Crippen LogP contribution in [0.4, 0.5) is 5.69 Å². The van der Waals surface area contributed by atoms with Gasteiger partial charge >= 0.3 is 0 Å². The van der Waals surface area contributed by atoms with Crippen molar-refractivity contribution >= 4 is 40.2 Å². The average Bonchev–Trinajstić information content (AvgIpc) is 3.18. The van der Waals surface area contributed by atoms with Crippen LogP contribution in [0.3, 0.4) is 0 Å². The van der Waals surface area contributed by atoms with Crippen molar-refractivity contribution in [2.45, 2.75) is 57.5 Å². The molecular formula is C30H34N2O2S. The molecule has 3 aromatic carbocycles. The zero-order valence-corrected chi connectivity index (χ0v) is 21.4. The molecule has 1 aliphatic carbocycles. The maximum atomic E-state index is 14.0. The van der Waals surface area contributed by atoms with Crippen LogP contribution < -0.4 is 10.1 Å². The maximum absolute atomic E-state index is 14.0. The number of nitrogens with one attached hydrogen (secondary N) is 1. The fraction of sp³-hybridized carbons (Fsp3) is 0.367. The van der Waals surface area contributed by atoms with Crippen molar-refractivity contribution in [2.75, 3.05) is 11.9 Å². The van der Waals surface area contributed by atoms with E-state index in [1.54, 1.807) is 11.8 Å². The number of thioether (sulfide) groups is 1. The molecule has 3 aromatic rings. The van der Waals surface area contributed by atoms with E-state index in [4.69, 9.17) is 4.74 Å². The summed E-state index contributed by atoms with van der Waals surface area (Å²) in [6, 6.07) is 22.9. The number of hydrogen-bond donors (Lipinski definition) is 1. The summed E-state index contributed by atoms with van der Waals surface area (Å²) in [5, 5.41) is 5.90. The molecule has 1 N–H and O–H groups in total. The van der Waals surface area contributed by atoms with Gasteiger partial charge in [-0.05, 0) is 60.2 Å². The van der Waals surface area contributed by atoms with E-state index in [0.29, 0.717) is 12.5 Å². The van der Waals surface area contributed by atoms with Crippen molar-refractivity contribution in [3.8, 4) is 5.75 Å². The zero-order chi connectivity index (χ0) is 24.2. The predicted molar refractivity (Wildman–Crippen MR) is 147 cm³/mol. The second-order valence-corrected chi connectivity index (χ2v) is 10.7. The third kappa shape index (κ3) is 5.06. The highest BCUT2D eigenvalue weighted by Crippen LogP contribution is 2.43. The Balaban J connectivity index is 1.55. The molecule has 0 spiro atoms. The van der Waals surface area contributed by atoms with E-state index in [1.807, 2.05) is 36.4 Å². The highest BCUT2D eigenvalue weighted by Gasteiger charge is 2.43. The first kappa shape index (κ1) is 23.8. The van der Waals surface area contributed by atoms with Crippen molar-refractivity contribution < 1.29 is 9.53 Å². The Kier molecular flexibility index (Phi) is 7.33. The van der Waals surface area contributed by atoms with Gasteiger partial charge < -0.3 is 15.0 Å². The molecule has 5 rings (SSSR count). The van der Waals surface area contributed by atoms with Crippen LogP contribution in [0.2, 0.25) is 0 Å². The topological polar surface area (TPSA) is 41.6 Å². The maximum Gasteiger partial charge on any atom is 0.262 e. The van der Waals surface area contributed by atoms with E-state index >= 15 is 0 Å². The third-order valence-electron chi connectivity index (χ3n) is 7.09. The van der Waals surface area contributed by atoms with Gasteiger partial charge in [-0.15, -0.1) is 0 Å². The molecule has 1 amide bonds. The molecule has 1 unspecified atom stereocenters. The Morgan fingerprint density at radius 3 is 2.60 bits per heavy atom. The van der Waals surface area contributed by atoms with Crippen LogP contribution in [0, 0.1) is 5.92 Å². The second kappa shape index (κ2) is 10.8. The first-order chi connectivity index (χ1) is 17.2. The lowest BCUT2D eigenvalue weighted by molar-refractivity contribution is -0.129. The predicted octanol–water partition coefficient (Wildman–Crippen LogP) is 7.52. The first-order valence-corrected chi connectivity index (χ1v) is 13.7. The molecule has 1 saturated carbocycles. The number of rotatable bonds is 7. The summed E-state index contributed by atoms with van der Waals surface area (Å²) in [5.74, 6) is 1.45. The number of hydrogen-bond acceptors (Lipinski definition) is 4. The molecule has 35 heavy (non-hydrogen) atoms. The molecule has 2 fully saturated rings. The molecule has 1 aliphatic heterocycles.